The molecule has 1 rings (SSSR count). The van der Waals surface area contributed by atoms with Crippen LogP contribution in [0.2, 0.25) is 0 Å². The van der Waals surface area contributed by atoms with Crippen molar-refractivity contribution in [1.29, 1.82) is 5.26 Å². The van der Waals surface area contributed by atoms with Crippen LogP contribution in [-0.4, -0.2) is 19.1 Å². The van der Waals surface area contributed by atoms with Crippen molar-refractivity contribution in [2.45, 2.75) is 38.6 Å². The van der Waals surface area contributed by atoms with Crippen LogP contribution >= 0.6 is 0 Å². The summed E-state index contributed by atoms with van der Waals surface area (Å²) in [5.41, 5.74) is 0.807. The van der Waals surface area contributed by atoms with Crippen LogP contribution < -0.4 is 10.1 Å². The van der Waals surface area contributed by atoms with E-state index >= 15 is 0 Å². The number of amides is 1. The summed E-state index contributed by atoms with van der Waals surface area (Å²) in [6.07, 6.45) is 1.05. The second-order valence-corrected chi connectivity index (χ2v) is 4.54. The lowest BCUT2D eigenvalue weighted by Crippen LogP contribution is -2.32. The fraction of sp³-hybridized carbons (Fsp3) is 0.467. The summed E-state index contributed by atoms with van der Waals surface area (Å²) in [4.78, 5) is 11.8. The van der Waals surface area contributed by atoms with E-state index in [1.807, 2.05) is 32.0 Å². The maximum atomic E-state index is 11.8. The lowest BCUT2D eigenvalue weighted by molar-refractivity contribution is -0.121. The van der Waals surface area contributed by atoms with Gasteiger partial charge in [-0.25, -0.2) is 0 Å². The molecule has 1 aromatic rings. The Morgan fingerprint density at radius 2 is 2.26 bits per heavy atom. The quantitative estimate of drug-likeness (QED) is 0.855. The van der Waals surface area contributed by atoms with Crippen molar-refractivity contribution in [3.63, 3.8) is 0 Å². The van der Waals surface area contributed by atoms with Gasteiger partial charge in [0.1, 0.15) is 5.75 Å². The number of methoxy groups -OCH3 is 1. The van der Waals surface area contributed by atoms with E-state index in [0.717, 1.165) is 12.0 Å². The highest BCUT2D eigenvalue weighted by atomic mass is 16.5. The minimum atomic E-state index is -0.445. The van der Waals surface area contributed by atoms with E-state index in [2.05, 4.69) is 11.4 Å². The fourth-order valence-corrected chi connectivity index (χ4v) is 1.72. The van der Waals surface area contributed by atoms with Crippen molar-refractivity contribution in [3.05, 3.63) is 29.8 Å². The fourth-order valence-electron chi connectivity index (χ4n) is 1.72. The number of ether oxygens (including phenoxy) is 1. The molecule has 0 aromatic heterocycles. The van der Waals surface area contributed by atoms with Crippen molar-refractivity contribution in [2.24, 2.45) is 0 Å². The topological polar surface area (TPSA) is 62.1 Å². The largest absolute Gasteiger partial charge is 0.497 e. The molecule has 0 fully saturated rings. The number of carbonyl (C=O) groups is 1. The maximum Gasteiger partial charge on any atom is 0.221 e. The number of nitrogens with one attached hydrogen (secondary N) is 1. The van der Waals surface area contributed by atoms with E-state index < -0.39 is 5.92 Å². The zero-order chi connectivity index (χ0) is 14.3. The average molecular weight is 260 g/mol. The number of carbonyl (C=O) groups excluding carboxylic acids is 1. The summed E-state index contributed by atoms with van der Waals surface area (Å²) in [7, 11) is 1.58. The van der Waals surface area contributed by atoms with Crippen LogP contribution in [0.3, 0.4) is 0 Å². The molecule has 1 N–H and O–H groups in total. The van der Waals surface area contributed by atoms with Crippen molar-refractivity contribution in [2.75, 3.05) is 7.11 Å². The third kappa shape index (κ3) is 4.63. The molecule has 2 atom stereocenters. The Labute approximate surface area is 114 Å². The van der Waals surface area contributed by atoms with Gasteiger partial charge < -0.3 is 10.1 Å². The zero-order valence-electron chi connectivity index (χ0n) is 11.6. The van der Waals surface area contributed by atoms with Gasteiger partial charge in [0.2, 0.25) is 5.91 Å². The smallest absolute Gasteiger partial charge is 0.221 e. The van der Waals surface area contributed by atoms with Gasteiger partial charge in [0.15, 0.2) is 0 Å². The Bertz CT molecular complexity index is 465. The van der Waals surface area contributed by atoms with Crippen molar-refractivity contribution in [3.8, 4) is 11.8 Å². The maximum absolute atomic E-state index is 11.8. The molecule has 0 saturated heterocycles. The van der Waals surface area contributed by atoms with Gasteiger partial charge in [-0.3, -0.25) is 4.79 Å². The Balaban J connectivity index is 2.73. The predicted molar refractivity (Wildman–Crippen MR) is 73.9 cm³/mol. The molecule has 4 heteroatoms. The number of hydrogen-bond acceptors (Lipinski definition) is 3. The van der Waals surface area contributed by atoms with Crippen LogP contribution in [0.5, 0.6) is 5.75 Å². The van der Waals surface area contributed by atoms with E-state index in [1.54, 1.807) is 13.2 Å². The SMILES string of the molecule is CCC(C)NC(=O)CC(C#N)c1cccc(OC)c1. The second kappa shape index (κ2) is 7.42. The number of nitrogens with zero attached hydrogens (tertiary/aromatic N) is 1. The highest BCUT2D eigenvalue weighted by Crippen LogP contribution is 2.23. The van der Waals surface area contributed by atoms with Gasteiger partial charge in [0, 0.05) is 12.5 Å². The molecule has 1 amide bonds. The van der Waals surface area contributed by atoms with Crippen LogP contribution in [0.15, 0.2) is 24.3 Å². The summed E-state index contributed by atoms with van der Waals surface area (Å²) in [6, 6.07) is 9.59. The predicted octanol–water partition coefficient (Wildman–Crippen LogP) is 2.61. The third-order valence-electron chi connectivity index (χ3n) is 3.06. The lowest BCUT2D eigenvalue weighted by atomic mass is 9.96. The normalized spacial score (nSPS) is 13.2. The summed E-state index contributed by atoms with van der Waals surface area (Å²) in [5, 5.41) is 12.1. The average Bonchev–Trinajstić information content (AvgIpc) is 2.44. The van der Waals surface area contributed by atoms with Crippen molar-refractivity contribution < 1.29 is 9.53 Å². The Morgan fingerprint density at radius 1 is 1.53 bits per heavy atom. The van der Waals surface area contributed by atoms with E-state index in [0.29, 0.717) is 5.75 Å². The van der Waals surface area contributed by atoms with E-state index in [9.17, 15) is 10.1 Å². The van der Waals surface area contributed by atoms with Crippen LogP contribution in [0, 0.1) is 11.3 Å². The van der Waals surface area contributed by atoms with Crippen LogP contribution in [-0.2, 0) is 4.79 Å². The lowest BCUT2D eigenvalue weighted by Gasteiger charge is -2.14. The van der Waals surface area contributed by atoms with Gasteiger partial charge in [-0.2, -0.15) is 5.26 Å². The Hall–Kier alpha value is -2.02. The molecule has 0 spiro atoms. The van der Waals surface area contributed by atoms with Crippen molar-refractivity contribution >= 4 is 5.91 Å². The summed E-state index contributed by atoms with van der Waals surface area (Å²) in [5.74, 6) is 0.156. The molecule has 1 aromatic carbocycles. The number of rotatable bonds is 6. The summed E-state index contributed by atoms with van der Waals surface area (Å²) < 4.78 is 5.13. The van der Waals surface area contributed by atoms with Gasteiger partial charge in [0.25, 0.3) is 0 Å². The Morgan fingerprint density at radius 3 is 2.84 bits per heavy atom. The molecule has 4 nitrogen and oxygen atoms in total. The first-order chi connectivity index (χ1) is 9.10. The molecule has 0 saturated carbocycles. The molecule has 2 unspecified atom stereocenters. The second-order valence-electron chi connectivity index (χ2n) is 4.54. The molecule has 19 heavy (non-hydrogen) atoms. The molecule has 0 aliphatic rings. The van der Waals surface area contributed by atoms with Crippen LogP contribution in [0.1, 0.15) is 38.2 Å². The van der Waals surface area contributed by atoms with Crippen LogP contribution in [0.25, 0.3) is 0 Å². The zero-order valence-corrected chi connectivity index (χ0v) is 11.6. The van der Waals surface area contributed by atoms with Gasteiger partial charge >= 0.3 is 0 Å². The summed E-state index contributed by atoms with van der Waals surface area (Å²) >= 11 is 0. The first-order valence-electron chi connectivity index (χ1n) is 6.43. The number of hydrogen-bond donors (Lipinski definition) is 1. The van der Waals surface area contributed by atoms with Gasteiger partial charge in [-0.05, 0) is 31.0 Å². The monoisotopic (exact) mass is 260 g/mol. The van der Waals surface area contributed by atoms with Crippen LogP contribution in [0.4, 0.5) is 0 Å². The number of benzene rings is 1. The molecule has 102 valence electrons. The van der Waals surface area contributed by atoms with Gasteiger partial charge in [-0.1, -0.05) is 19.1 Å². The highest BCUT2D eigenvalue weighted by Gasteiger charge is 2.17. The standard InChI is InChI=1S/C15H20N2O2/c1-4-11(2)17-15(18)9-13(10-16)12-6-5-7-14(8-12)19-3/h5-8,11,13H,4,9H2,1-3H3,(H,17,18). The molecule has 0 radical (unpaired) electrons. The van der Waals surface area contributed by atoms with E-state index in [4.69, 9.17) is 4.74 Å². The minimum Gasteiger partial charge on any atom is -0.497 e. The first-order valence-corrected chi connectivity index (χ1v) is 6.43. The Kier molecular flexibility index (Phi) is 5.87. The molecule has 0 bridgehead atoms. The highest BCUT2D eigenvalue weighted by molar-refractivity contribution is 5.77. The first kappa shape index (κ1) is 15.0. The molecule has 0 heterocycles. The molecular weight excluding hydrogens is 240 g/mol. The van der Waals surface area contributed by atoms with E-state index in [-0.39, 0.29) is 18.4 Å². The van der Waals surface area contributed by atoms with Gasteiger partial charge in [-0.15, -0.1) is 0 Å². The van der Waals surface area contributed by atoms with Crippen molar-refractivity contribution in [1.82, 2.24) is 5.32 Å². The summed E-state index contributed by atoms with van der Waals surface area (Å²) in [6.45, 7) is 3.96. The minimum absolute atomic E-state index is 0.0938. The third-order valence-corrected chi connectivity index (χ3v) is 3.06. The molecule has 0 aliphatic heterocycles. The number of nitriles is 1. The molecular formula is C15H20N2O2. The molecule has 0 aliphatic carbocycles. The van der Waals surface area contributed by atoms with E-state index in [1.165, 1.54) is 0 Å². The van der Waals surface area contributed by atoms with Gasteiger partial charge in [0.05, 0.1) is 19.1 Å².